The van der Waals surface area contributed by atoms with E-state index in [1.54, 1.807) is 0 Å². The number of ether oxygens (including phenoxy) is 1. The Kier molecular flexibility index (Phi) is 3.91. The van der Waals surface area contributed by atoms with Crippen molar-refractivity contribution in [1.82, 2.24) is 4.90 Å². The van der Waals surface area contributed by atoms with Crippen molar-refractivity contribution in [3.05, 3.63) is 29.8 Å². The molecule has 1 aromatic carbocycles. The summed E-state index contributed by atoms with van der Waals surface area (Å²) in [5, 5.41) is 8.89. The lowest BCUT2D eigenvalue weighted by Gasteiger charge is -2.30. The number of carbonyl (C=O) groups is 3. The van der Waals surface area contributed by atoms with E-state index in [9.17, 15) is 14.4 Å². The minimum absolute atomic E-state index is 0.118. The predicted molar refractivity (Wildman–Crippen MR) is 76.7 cm³/mol. The van der Waals surface area contributed by atoms with E-state index in [1.807, 2.05) is 4.90 Å². The number of aromatic carboxylic acids is 1. The van der Waals surface area contributed by atoms with Crippen molar-refractivity contribution in [3.8, 4) is 0 Å². The van der Waals surface area contributed by atoms with E-state index in [2.05, 4.69) is 0 Å². The zero-order chi connectivity index (χ0) is 15.7. The number of anilines is 1. The summed E-state index contributed by atoms with van der Waals surface area (Å²) in [5.74, 6) is -1.56. The maximum atomic E-state index is 12.5. The summed E-state index contributed by atoms with van der Waals surface area (Å²) in [6.45, 7) is 2.39. The Bertz CT molecular complexity index is 607. The third-order valence-electron chi connectivity index (χ3n) is 3.98. The second kappa shape index (κ2) is 5.86. The number of nitrogens with zero attached hydrogens (tertiary/aromatic N) is 2. The van der Waals surface area contributed by atoms with E-state index >= 15 is 0 Å². The summed E-state index contributed by atoms with van der Waals surface area (Å²) in [4.78, 5) is 38.7. The molecule has 0 bridgehead atoms. The fourth-order valence-electron chi connectivity index (χ4n) is 2.81. The molecule has 7 nitrogen and oxygen atoms in total. The molecule has 7 heteroatoms. The zero-order valence-corrected chi connectivity index (χ0v) is 11.9. The first-order chi connectivity index (χ1) is 10.6. The number of morpholine rings is 1. The van der Waals surface area contributed by atoms with Crippen LogP contribution in [0.3, 0.4) is 0 Å². The molecular weight excluding hydrogens is 288 g/mol. The fourth-order valence-corrected chi connectivity index (χ4v) is 2.81. The van der Waals surface area contributed by atoms with Crippen LogP contribution in [0.5, 0.6) is 0 Å². The zero-order valence-electron chi connectivity index (χ0n) is 11.9. The Labute approximate surface area is 127 Å². The summed E-state index contributed by atoms with van der Waals surface area (Å²) in [5.41, 5.74) is 0.531. The van der Waals surface area contributed by atoms with Gasteiger partial charge in [0.1, 0.15) is 0 Å². The number of benzene rings is 1. The molecule has 1 aromatic rings. The molecule has 2 heterocycles. The molecule has 3 rings (SSSR count). The highest BCUT2D eigenvalue weighted by Gasteiger charge is 2.42. The van der Waals surface area contributed by atoms with Gasteiger partial charge in [-0.25, -0.2) is 9.69 Å². The molecule has 1 atom stereocenters. The second-order valence-corrected chi connectivity index (χ2v) is 5.29. The van der Waals surface area contributed by atoms with Crippen LogP contribution >= 0.6 is 0 Å². The van der Waals surface area contributed by atoms with Gasteiger partial charge < -0.3 is 9.84 Å². The third kappa shape index (κ3) is 2.60. The van der Waals surface area contributed by atoms with Crippen LogP contribution in [-0.4, -0.2) is 60.1 Å². The SMILES string of the molecule is O=C(O)c1ccc(N2C(=O)C[C@@H](N3CCOCC3)C2=O)cc1. The topological polar surface area (TPSA) is 87.2 Å². The van der Waals surface area contributed by atoms with Gasteiger partial charge in [-0.3, -0.25) is 14.5 Å². The van der Waals surface area contributed by atoms with Crippen LogP contribution in [0.1, 0.15) is 16.8 Å². The van der Waals surface area contributed by atoms with Gasteiger partial charge in [-0.15, -0.1) is 0 Å². The van der Waals surface area contributed by atoms with Crippen molar-refractivity contribution >= 4 is 23.5 Å². The quantitative estimate of drug-likeness (QED) is 0.811. The van der Waals surface area contributed by atoms with Crippen LogP contribution in [0.2, 0.25) is 0 Å². The number of carbonyl (C=O) groups excluding carboxylic acids is 2. The van der Waals surface area contributed by atoms with Gasteiger partial charge in [-0.05, 0) is 24.3 Å². The third-order valence-corrected chi connectivity index (χ3v) is 3.98. The fraction of sp³-hybridized carbons (Fsp3) is 0.400. The first-order valence-corrected chi connectivity index (χ1v) is 7.10. The molecule has 2 amide bonds. The number of imide groups is 1. The molecule has 0 saturated carbocycles. The Morgan fingerprint density at radius 1 is 1.14 bits per heavy atom. The van der Waals surface area contributed by atoms with Crippen LogP contribution in [0.4, 0.5) is 5.69 Å². The Hall–Kier alpha value is -2.25. The van der Waals surface area contributed by atoms with E-state index in [1.165, 1.54) is 24.3 Å². The van der Waals surface area contributed by atoms with Crippen LogP contribution in [-0.2, 0) is 14.3 Å². The molecule has 0 radical (unpaired) electrons. The number of rotatable bonds is 3. The van der Waals surface area contributed by atoms with Crippen molar-refractivity contribution in [2.75, 3.05) is 31.2 Å². The standard InChI is InChI=1S/C15H16N2O5/c18-13-9-12(16-5-7-22-8-6-16)14(19)17(13)11-3-1-10(2-4-11)15(20)21/h1-4,12H,5-9H2,(H,20,21)/t12-/m1/s1. The van der Waals surface area contributed by atoms with Crippen LogP contribution < -0.4 is 4.90 Å². The van der Waals surface area contributed by atoms with Crippen LogP contribution in [0.25, 0.3) is 0 Å². The lowest BCUT2D eigenvalue weighted by Crippen LogP contribution is -2.47. The Morgan fingerprint density at radius 3 is 2.36 bits per heavy atom. The number of hydrogen-bond donors (Lipinski definition) is 1. The highest BCUT2D eigenvalue weighted by Crippen LogP contribution is 2.26. The molecule has 0 aromatic heterocycles. The molecule has 0 unspecified atom stereocenters. The first kappa shape index (κ1) is 14.7. The predicted octanol–water partition coefficient (Wildman–Crippen LogP) is 0.349. The van der Waals surface area contributed by atoms with Gasteiger partial charge in [0.15, 0.2) is 0 Å². The summed E-state index contributed by atoms with van der Waals surface area (Å²) in [7, 11) is 0. The minimum atomic E-state index is -1.04. The van der Waals surface area contributed by atoms with Crippen molar-refractivity contribution < 1.29 is 24.2 Å². The lowest BCUT2D eigenvalue weighted by atomic mass is 10.2. The van der Waals surface area contributed by atoms with Gasteiger partial charge in [0.25, 0.3) is 5.91 Å². The molecule has 2 fully saturated rings. The Morgan fingerprint density at radius 2 is 1.77 bits per heavy atom. The van der Waals surface area contributed by atoms with Crippen LogP contribution in [0, 0.1) is 0 Å². The average molecular weight is 304 g/mol. The number of hydrogen-bond acceptors (Lipinski definition) is 5. The van der Waals surface area contributed by atoms with E-state index < -0.39 is 12.0 Å². The van der Waals surface area contributed by atoms with Gasteiger partial charge in [0.05, 0.1) is 36.9 Å². The summed E-state index contributed by atoms with van der Waals surface area (Å²) < 4.78 is 5.26. The van der Waals surface area contributed by atoms with Crippen molar-refractivity contribution in [2.24, 2.45) is 0 Å². The van der Waals surface area contributed by atoms with Crippen molar-refractivity contribution in [2.45, 2.75) is 12.5 Å². The normalized spacial score (nSPS) is 23.1. The highest BCUT2D eigenvalue weighted by atomic mass is 16.5. The highest BCUT2D eigenvalue weighted by molar-refractivity contribution is 6.22. The molecule has 0 spiro atoms. The maximum absolute atomic E-state index is 12.5. The lowest BCUT2D eigenvalue weighted by molar-refractivity contribution is -0.123. The molecular formula is C15H16N2O5. The van der Waals surface area contributed by atoms with Gasteiger partial charge in [-0.2, -0.15) is 0 Å². The van der Waals surface area contributed by atoms with Gasteiger partial charge in [0.2, 0.25) is 5.91 Å². The molecule has 2 saturated heterocycles. The summed E-state index contributed by atoms with van der Waals surface area (Å²) >= 11 is 0. The molecule has 22 heavy (non-hydrogen) atoms. The van der Waals surface area contributed by atoms with E-state index in [0.29, 0.717) is 32.0 Å². The molecule has 1 N–H and O–H groups in total. The number of amides is 2. The maximum Gasteiger partial charge on any atom is 0.335 e. The number of carboxylic acids is 1. The average Bonchev–Trinajstić information content (AvgIpc) is 2.83. The molecule has 0 aliphatic carbocycles. The molecule has 116 valence electrons. The largest absolute Gasteiger partial charge is 0.478 e. The van der Waals surface area contributed by atoms with Crippen molar-refractivity contribution in [1.29, 1.82) is 0 Å². The van der Waals surface area contributed by atoms with Crippen molar-refractivity contribution in [3.63, 3.8) is 0 Å². The Balaban J connectivity index is 1.80. The van der Waals surface area contributed by atoms with E-state index in [0.717, 1.165) is 4.90 Å². The number of carboxylic acid groups (broad SMARTS) is 1. The monoisotopic (exact) mass is 304 g/mol. The smallest absolute Gasteiger partial charge is 0.335 e. The molecule has 2 aliphatic heterocycles. The van der Waals surface area contributed by atoms with E-state index in [-0.39, 0.29) is 23.8 Å². The van der Waals surface area contributed by atoms with Gasteiger partial charge in [0, 0.05) is 13.1 Å². The minimum Gasteiger partial charge on any atom is -0.478 e. The molecule has 2 aliphatic rings. The van der Waals surface area contributed by atoms with E-state index in [4.69, 9.17) is 9.84 Å². The van der Waals surface area contributed by atoms with Gasteiger partial charge in [-0.1, -0.05) is 0 Å². The van der Waals surface area contributed by atoms with Crippen LogP contribution in [0.15, 0.2) is 24.3 Å². The summed E-state index contributed by atoms with van der Waals surface area (Å²) in [6.07, 6.45) is 0.152. The summed E-state index contributed by atoms with van der Waals surface area (Å²) in [6, 6.07) is 5.30. The van der Waals surface area contributed by atoms with Gasteiger partial charge >= 0.3 is 5.97 Å². The second-order valence-electron chi connectivity index (χ2n) is 5.29. The first-order valence-electron chi connectivity index (χ1n) is 7.10.